The molecule has 0 atom stereocenters. The third kappa shape index (κ3) is 5.62. The highest BCUT2D eigenvalue weighted by Gasteiger charge is 2.15. The minimum Gasteiger partial charge on any atom is -0.456 e. The van der Waals surface area contributed by atoms with Crippen molar-refractivity contribution in [2.45, 2.75) is 27.7 Å². The number of hydrogen-bond acceptors (Lipinski definition) is 5. The van der Waals surface area contributed by atoms with E-state index in [2.05, 4.69) is 34.0 Å². The number of carbonyl (C=O) groups is 2. The number of benzene rings is 3. The summed E-state index contributed by atoms with van der Waals surface area (Å²) < 4.78 is 5.39. The van der Waals surface area contributed by atoms with Crippen LogP contribution in [0.5, 0.6) is 0 Å². The van der Waals surface area contributed by atoms with Gasteiger partial charge in [-0.05, 0) is 81.3 Å². The molecule has 2 heterocycles. The summed E-state index contributed by atoms with van der Waals surface area (Å²) in [5, 5.41) is 7.93. The van der Waals surface area contributed by atoms with Crippen LogP contribution in [0.15, 0.2) is 94.4 Å². The van der Waals surface area contributed by atoms with Gasteiger partial charge in [0, 0.05) is 16.6 Å². The van der Waals surface area contributed by atoms with Crippen LogP contribution < -0.4 is 10.7 Å². The van der Waals surface area contributed by atoms with E-state index >= 15 is 0 Å². The summed E-state index contributed by atoms with van der Waals surface area (Å²) in [4.78, 5) is 30.7. The number of nitrogens with zero attached hydrogens (tertiary/aromatic N) is 2. The molecule has 0 radical (unpaired) electrons. The van der Waals surface area contributed by atoms with Crippen molar-refractivity contribution in [2.75, 3.05) is 5.32 Å². The van der Waals surface area contributed by atoms with Crippen molar-refractivity contribution in [3.05, 3.63) is 119 Å². The number of nitrogens with one attached hydrogen (secondary N) is 2. The van der Waals surface area contributed by atoms with E-state index < -0.39 is 0 Å². The minimum atomic E-state index is -0.340. The van der Waals surface area contributed by atoms with E-state index in [0.29, 0.717) is 22.7 Å². The topological polar surface area (TPSA) is 96.6 Å². The van der Waals surface area contributed by atoms with Crippen molar-refractivity contribution in [3.63, 3.8) is 0 Å². The summed E-state index contributed by atoms with van der Waals surface area (Å²) in [5.74, 6) is 0.223. The molecule has 0 spiro atoms. The summed E-state index contributed by atoms with van der Waals surface area (Å²) in [6.45, 7) is 7.65. The van der Waals surface area contributed by atoms with Crippen molar-refractivity contribution in [1.29, 1.82) is 0 Å². The second-order valence-electron chi connectivity index (χ2n) is 9.47. The third-order valence-corrected chi connectivity index (χ3v) is 6.46. The first-order valence-electron chi connectivity index (χ1n) is 12.6. The molecule has 0 aliphatic carbocycles. The summed E-state index contributed by atoms with van der Waals surface area (Å²) >= 11 is 0. The molecule has 3 aromatic carbocycles. The lowest BCUT2D eigenvalue weighted by atomic mass is 9.99. The van der Waals surface area contributed by atoms with Gasteiger partial charge in [0.25, 0.3) is 11.8 Å². The molecule has 194 valence electrons. The van der Waals surface area contributed by atoms with Crippen LogP contribution in [0.25, 0.3) is 22.2 Å². The van der Waals surface area contributed by atoms with Crippen LogP contribution in [0.4, 0.5) is 5.69 Å². The highest BCUT2D eigenvalue weighted by molar-refractivity contribution is 6.08. The van der Waals surface area contributed by atoms with Crippen molar-refractivity contribution in [1.82, 2.24) is 10.4 Å². The monoisotopic (exact) mass is 516 g/mol. The molecule has 7 nitrogen and oxygen atoms in total. The van der Waals surface area contributed by atoms with Crippen LogP contribution in [0.3, 0.4) is 0 Å². The normalized spacial score (nSPS) is 11.4. The fourth-order valence-electron chi connectivity index (χ4n) is 4.34. The Bertz CT molecular complexity index is 1750. The number of hydrazone groups is 1. The maximum Gasteiger partial charge on any atom is 0.291 e. The third-order valence-electron chi connectivity index (χ3n) is 6.46. The number of pyridine rings is 1. The SMILES string of the molecule is CC(=NNC(=O)c1cc(-c2cc(C)ccc2C)nc2ccccc12)c1cccc(NC(=O)c2ccc(C)o2)c1. The van der Waals surface area contributed by atoms with Crippen molar-refractivity contribution in [2.24, 2.45) is 5.10 Å². The number of amides is 2. The van der Waals surface area contributed by atoms with Crippen LogP contribution in [0, 0.1) is 20.8 Å². The Kier molecular flexibility index (Phi) is 7.06. The van der Waals surface area contributed by atoms with E-state index in [1.54, 1.807) is 38.1 Å². The average molecular weight is 517 g/mol. The second kappa shape index (κ2) is 10.8. The molecule has 2 N–H and O–H groups in total. The Morgan fingerprint density at radius 3 is 2.46 bits per heavy atom. The van der Waals surface area contributed by atoms with Crippen LogP contribution in [-0.4, -0.2) is 22.5 Å². The van der Waals surface area contributed by atoms with Gasteiger partial charge in [0.2, 0.25) is 0 Å². The van der Waals surface area contributed by atoms with E-state index in [1.807, 2.05) is 56.3 Å². The lowest BCUT2D eigenvalue weighted by Gasteiger charge is -2.12. The zero-order valence-electron chi connectivity index (χ0n) is 22.2. The molecule has 5 aromatic rings. The fraction of sp³-hybridized carbons (Fsp3) is 0.125. The van der Waals surface area contributed by atoms with Gasteiger partial charge in [0.05, 0.1) is 22.5 Å². The molecule has 2 amide bonds. The van der Waals surface area contributed by atoms with Crippen LogP contribution in [0.1, 0.15) is 50.3 Å². The standard InChI is InChI=1S/C32H28N4O3/c1-19-12-13-20(2)26(16-19)29-18-27(25-10-5-6-11-28(25)34-29)31(37)36-35-22(4)23-8-7-9-24(17-23)33-32(38)30-15-14-21(3)39-30/h5-18H,1-4H3,(H,33,38)(H,36,37). The molecule has 2 aromatic heterocycles. The highest BCUT2D eigenvalue weighted by atomic mass is 16.3. The molecule has 0 bridgehead atoms. The molecule has 0 saturated carbocycles. The van der Waals surface area contributed by atoms with Gasteiger partial charge in [-0.25, -0.2) is 10.4 Å². The first-order chi connectivity index (χ1) is 18.8. The van der Waals surface area contributed by atoms with E-state index in [-0.39, 0.29) is 17.6 Å². The van der Waals surface area contributed by atoms with E-state index in [0.717, 1.165) is 38.9 Å². The molecular formula is C32H28N4O3. The number of fused-ring (bicyclic) bond motifs is 1. The number of aryl methyl sites for hydroxylation is 3. The Morgan fingerprint density at radius 2 is 1.67 bits per heavy atom. The Morgan fingerprint density at radius 1 is 0.846 bits per heavy atom. The number of aromatic nitrogens is 1. The van der Waals surface area contributed by atoms with E-state index in [9.17, 15) is 9.59 Å². The number of para-hydroxylation sites is 1. The zero-order valence-corrected chi connectivity index (χ0v) is 22.2. The largest absolute Gasteiger partial charge is 0.456 e. The molecule has 5 rings (SSSR count). The van der Waals surface area contributed by atoms with Gasteiger partial charge in [-0.15, -0.1) is 0 Å². The van der Waals surface area contributed by atoms with Gasteiger partial charge in [0.1, 0.15) is 5.76 Å². The fourth-order valence-corrected chi connectivity index (χ4v) is 4.34. The second-order valence-corrected chi connectivity index (χ2v) is 9.47. The Hall–Kier alpha value is -5.04. The van der Waals surface area contributed by atoms with E-state index in [1.165, 1.54) is 0 Å². The van der Waals surface area contributed by atoms with Gasteiger partial charge in [-0.3, -0.25) is 9.59 Å². The lowest BCUT2D eigenvalue weighted by Crippen LogP contribution is -2.20. The van der Waals surface area contributed by atoms with Gasteiger partial charge in [-0.1, -0.05) is 48.0 Å². The predicted molar refractivity (Wildman–Crippen MR) is 154 cm³/mol. The number of rotatable bonds is 6. The van der Waals surface area contributed by atoms with Crippen molar-refractivity contribution < 1.29 is 14.0 Å². The maximum absolute atomic E-state index is 13.4. The van der Waals surface area contributed by atoms with Gasteiger partial charge >= 0.3 is 0 Å². The summed E-state index contributed by atoms with van der Waals surface area (Å²) in [6.07, 6.45) is 0. The predicted octanol–water partition coefficient (Wildman–Crippen LogP) is 6.83. The summed E-state index contributed by atoms with van der Waals surface area (Å²) in [6, 6.07) is 26.2. The van der Waals surface area contributed by atoms with Crippen LogP contribution in [-0.2, 0) is 0 Å². The van der Waals surface area contributed by atoms with Gasteiger partial charge < -0.3 is 9.73 Å². The van der Waals surface area contributed by atoms with Gasteiger partial charge in [0.15, 0.2) is 5.76 Å². The van der Waals surface area contributed by atoms with Crippen molar-refractivity contribution >= 4 is 34.1 Å². The molecule has 0 unspecified atom stereocenters. The average Bonchev–Trinajstić information content (AvgIpc) is 3.38. The maximum atomic E-state index is 13.4. The molecule has 0 aliphatic heterocycles. The Balaban J connectivity index is 1.40. The lowest BCUT2D eigenvalue weighted by molar-refractivity contribution is 0.0955. The zero-order chi connectivity index (χ0) is 27.5. The quantitative estimate of drug-likeness (QED) is 0.191. The van der Waals surface area contributed by atoms with Gasteiger partial charge in [-0.2, -0.15) is 5.10 Å². The molecule has 7 heteroatoms. The highest BCUT2D eigenvalue weighted by Crippen LogP contribution is 2.28. The smallest absolute Gasteiger partial charge is 0.291 e. The molecule has 0 aliphatic rings. The number of hydrogen-bond donors (Lipinski definition) is 2. The van der Waals surface area contributed by atoms with Crippen LogP contribution in [0.2, 0.25) is 0 Å². The number of furan rings is 1. The summed E-state index contributed by atoms with van der Waals surface area (Å²) in [7, 11) is 0. The molecule has 0 fully saturated rings. The first kappa shape index (κ1) is 25.6. The first-order valence-corrected chi connectivity index (χ1v) is 12.6. The minimum absolute atomic E-state index is 0.236. The molecule has 0 saturated heterocycles. The summed E-state index contributed by atoms with van der Waals surface area (Å²) in [5.41, 5.74) is 9.76. The number of carbonyl (C=O) groups excluding carboxylic acids is 2. The van der Waals surface area contributed by atoms with Crippen molar-refractivity contribution in [3.8, 4) is 11.3 Å². The number of anilines is 1. The Labute approximate surface area is 226 Å². The molecular weight excluding hydrogens is 488 g/mol. The van der Waals surface area contributed by atoms with Crippen LogP contribution >= 0.6 is 0 Å². The van der Waals surface area contributed by atoms with E-state index in [4.69, 9.17) is 9.40 Å². The molecule has 39 heavy (non-hydrogen) atoms.